The molecule has 2 fully saturated rings. The van der Waals surface area contributed by atoms with Crippen LogP contribution in [0.5, 0.6) is 0 Å². The number of hydrogen-bond donors (Lipinski definition) is 3. The van der Waals surface area contributed by atoms with E-state index in [4.69, 9.17) is 9.94 Å². The largest absolute Gasteiger partial charge is 0.479 e. The summed E-state index contributed by atoms with van der Waals surface area (Å²) in [5, 5.41) is 32.6. The zero-order valence-corrected chi connectivity index (χ0v) is 13.1. The van der Waals surface area contributed by atoms with Gasteiger partial charge in [0.1, 0.15) is 0 Å². The molecule has 0 aromatic carbocycles. The van der Waals surface area contributed by atoms with E-state index in [2.05, 4.69) is 12.1 Å². The summed E-state index contributed by atoms with van der Waals surface area (Å²) in [6, 6.07) is 0. The molecule has 0 spiro atoms. The summed E-state index contributed by atoms with van der Waals surface area (Å²) in [4.78, 5) is 15.2. The number of carboxylic acids is 1. The van der Waals surface area contributed by atoms with E-state index in [-0.39, 0.29) is 30.0 Å². The number of nitrogens with zero attached hydrogens (tertiary/aromatic N) is 1. The van der Waals surface area contributed by atoms with Crippen molar-refractivity contribution in [3.05, 3.63) is 0 Å². The van der Waals surface area contributed by atoms with Crippen LogP contribution in [0.1, 0.15) is 51.9 Å². The van der Waals surface area contributed by atoms with E-state index in [0.29, 0.717) is 6.42 Å². The molecule has 0 saturated heterocycles. The van der Waals surface area contributed by atoms with Crippen LogP contribution in [0.3, 0.4) is 0 Å². The van der Waals surface area contributed by atoms with Gasteiger partial charge in [0.05, 0.1) is 17.9 Å². The molecule has 2 aliphatic rings. The third kappa shape index (κ3) is 4.20. The van der Waals surface area contributed by atoms with Crippen molar-refractivity contribution in [2.24, 2.45) is 22.9 Å². The second-order valence-corrected chi connectivity index (χ2v) is 6.58. The van der Waals surface area contributed by atoms with Gasteiger partial charge in [-0.25, -0.2) is 4.79 Å². The number of aliphatic hydroxyl groups excluding tert-OH is 2. The molecular weight excluding hydrogens is 286 g/mol. The van der Waals surface area contributed by atoms with Gasteiger partial charge in [0.2, 0.25) is 6.61 Å². The number of rotatable bonds is 9. The second-order valence-electron chi connectivity index (χ2n) is 6.58. The smallest absolute Gasteiger partial charge is 0.344 e. The Kier molecular flexibility index (Phi) is 6.20. The summed E-state index contributed by atoms with van der Waals surface area (Å²) >= 11 is 0. The quantitative estimate of drug-likeness (QED) is 0.564. The summed E-state index contributed by atoms with van der Waals surface area (Å²) in [6.45, 7) is 1.69. The normalized spacial score (nSPS) is 33.3. The number of oxime groups is 1. The van der Waals surface area contributed by atoms with E-state index in [1.54, 1.807) is 0 Å². The second kappa shape index (κ2) is 7.92. The highest BCUT2D eigenvalue weighted by Crippen LogP contribution is 2.49. The van der Waals surface area contributed by atoms with Crippen LogP contribution < -0.4 is 0 Å². The zero-order chi connectivity index (χ0) is 16.1. The Bertz CT molecular complexity index is 411. The van der Waals surface area contributed by atoms with Crippen LogP contribution in [0.25, 0.3) is 0 Å². The minimum absolute atomic E-state index is 0.207. The molecule has 5 unspecified atom stereocenters. The van der Waals surface area contributed by atoms with E-state index in [1.165, 1.54) is 0 Å². The molecule has 0 aliphatic heterocycles. The highest BCUT2D eigenvalue weighted by atomic mass is 16.6. The molecule has 0 heterocycles. The Balaban J connectivity index is 1.74. The molecule has 126 valence electrons. The van der Waals surface area contributed by atoms with Crippen LogP contribution in [-0.4, -0.2) is 45.8 Å². The van der Waals surface area contributed by atoms with Crippen LogP contribution in [0.15, 0.2) is 5.16 Å². The summed E-state index contributed by atoms with van der Waals surface area (Å²) in [6.07, 6.45) is 5.50. The van der Waals surface area contributed by atoms with Gasteiger partial charge in [-0.05, 0) is 43.9 Å². The van der Waals surface area contributed by atoms with E-state index in [9.17, 15) is 15.0 Å². The molecule has 2 aliphatic carbocycles. The zero-order valence-electron chi connectivity index (χ0n) is 13.1. The first-order valence-electron chi connectivity index (χ1n) is 8.29. The van der Waals surface area contributed by atoms with Gasteiger partial charge >= 0.3 is 5.97 Å². The Hall–Kier alpha value is -1.14. The minimum atomic E-state index is -1.04. The first-order chi connectivity index (χ1) is 10.5. The van der Waals surface area contributed by atoms with Gasteiger partial charge in [-0.3, -0.25) is 0 Å². The Morgan fingerprint density at radius 2 is 2.23 bits per heavy atom. The SMILES string of the molecule is CCCCC(O)CCC1CC2C(=NOCC(=O)O)CC2C1O. The molecule has 2 saturated carbocycles. The Labute approximate surface area is 131 Å². The molecule has 2 rings (SSSR count). The van der Waals surface area contributed by atoms with E-state index in [0.717, 1.165) is 44.2 Å². The molecule has 0 radical (unpaired) electrons. The summed E-state index contributed by atoms with van der Waals surface area (Å²) in [5.41, 5.74) is 0.874. The average Bonchev–Trinajstić information content (AvgIpc) is 2.70. The molecule has 6 heteroatoms. The Morgan fingerprint density at radius 3 is 2.91 bits per heavy atom. The van der Waals surface area contributed by atoms with Crippen molar-refractivity contribution in [1.29, 1.82) is 0 Å². The molecule has 22 heavy (non-hydrogen) atoms. The summed E-state index contributed by atoms with van der Waals surface area (Å²) in [5.74, 6) is -0.379. The van der Waals surface area contributed by atoms with Crippen molar-refractivity contribution < 1.29 is 25.0 Å². The maximum absolute atomic E-state index is 10.4. The van der Waals surface area contributed by atoms with Gasteiger partial charge in [-0.15, -0.1) is 0 Å². The van der Waals surface area contributed by atoms with Crippen LogP contribution in [-0.2, 0) is 9.63 Å². The molecule has 5 atom stereocenters. The molecule has 0 aromatic heterocycles. The standard InChI is InChI=1S/C16H27NO5/c1-2-3-4-11(18)6-5-10-7-12-13(16(10)21)8-14(12)17-22-9-15(19)20/h10-13,16,18,21H,2-9H2,1H3,(H,19,20). The number of hydrogen-bond acceptors (Lipinski definition) is 5. The molecule has 0 aromatic rings. The predicted octanol–water partition coefficient (Wildman–Crippen LogP) is 1.79. The third-order valence-corrected chi connectivity index (χ3v) is 5.00. The van der Waals surface area contributed by atoms with Crippen molar-refractivity contribution in [3.8, 4) is 0 Å². The topological polar surface area (TPSA) is 99.4 Å². The maximum atomic E-state index is 10.4. The predicted molar refractivity (Wildman–Crippen MR) is 81.5 cm³/mol. The minimum Gasteiger partial charge on any atom is -0.479 e. The van der Waals surface area contributed by atoms with Crippen LogP contribution >= 0.6 is 0 Å². The monoisotopic (exact) mass is 313 g/mol. The van der Waals surface area contributed by atoms with Crippen molar-refractivity contribution in [2.75, 3.05) is 6.61 Å². The molecular formula is C16H27NO5. The molecule has 3 N–H and O–H groups in total. The molecule has 0 bridgehead atoms. The number of aliphatic carboxylic acids is 1. The van der Waals surface area contributed by atoms with Gasteiger partial charge in [-0.2, -0.15) is 0 Å². The lowest BCUT2D eigenvalue weighted by Gasteiger charge is -2.33. The highest BCUT2D eigenvalue weighted by Gasteiger charge is 2.51. The lowest BCUT2D eigenvalue weighted by molar-refractivity contribution is -0.142. The van der Waals surface area contributed by atoms with Crippen molar-refractivity contribution in [3.63, 3.8) is 0 Å². The lowest BCUT2D eigenvalue weighted by atomic mass is 9.73. The van der Waals surface area contributed by atoms with Gasteiger partial charge in [0.25, 0.3) is 0 Å². The van der Waals surface area contributed by atoms with Crippen LogP contribution in [0.4, 0.5) is 0 Å². The number of carbonyl (C=O) groups is 1. The Morgan fingerprint density at radius 1 is 1.45 bits per heavy atom. The fourth-order valence-corrected chi connectivity index (χ4v) is 3.66. The van der Waals surface area contributed by atoms with Crippen LogP contribution in [0.2, 0.25) is 0 Å². The summed E-state index contributed by atoms with van der Waals surface area (Å²) < 4.78 is 0. The van der Waals surface area contributed by atoms with E-state index < -0.39 is 12.6 Å². The number of carboxylic acid groups (broad SMARTS) is 1. The van der Waals surface area contributed by atoms with Gasteiger partial charge in [0.15, 0.2) is 0 Å². The van der Waals surface area contributed by atoms with Crippen molar-refractivity contribution in [1.82, 2.24) is 0 Å². The number of aliphatic hydroxyl groups is 2. The fraction of sp³-hybridized carbons (Fsp3) is 0.875. The first kappa shape index (κ1) is 17.2. The highest BCUT2D eigenvalue weighted by molar-refractivity contribution is 5.93. The molecule has 6 nitrogen and oxygen atoms in total. The lowest BCUT2D eigenvalue weighted by Crippen LogP contribution is -2.38. The summed E-state index contributed by atoms with van der Waals surface area (Å²) in [7, 11) is 0. The average molecular weight is 313 g/mol. The van der Waals surface area contributed by atoms with Gasteiger partial charge in [0, 0.05) is 5.92 Å². The molecule has 0 amide bonds. The fourth-order valence-electron chi connectivity index (χ4n) is 3.66. The third-order valence-electron chi connectivity index (χ3n) is 5.00. The van der Waals surface area contributed by atoms with Crippen LogP contribution in [0, 0.1) is 17.8 Å². The number of fused-ring (bicyclic) bond motifs is 1. The van der Waals surface area contributed by atoms with Gasteiger partial charge in [-0.1, -0.05) is 24.9 Å². The van der Waals surface area contributed by atoms with Crippen molar-refractivity contribution in [2.45, 2.75) is 64.1 Å². The maximum Gasteiger partial charge on any atom is 0.344 e. The first-order valence-corrected chi connectivity index (χ1v) is 8.29. The van der Waals surface area contributed by atoms with Gasteiger partial charge < -0.3 is 20.2 Å². The number of unbranched alkanes of at least 4 members (excludes halogenated alkanes) is 1. The van der Waals surface area contributed by atoms with Crippen molar-refractivity contribution >= 4 is 11.7 Å². The van der Waals surface area contributed by atoms with E-state index >= 15 is 0 Å². The van der Waals surface area contributed by atoms with E-state index in [1.807, 2.05) is 0 Å².